The molecule has 2 N–H and O–H groups in total. The van der Waals surface area contributed by atoms with Crippen molar-refractivity contribution in [3.8, 4) is 0 Å². The number of nitrogens with zero attached hydrogens (tertiary/aromatic N) is 3. The standard InChI is InChI=1S/C24H33N5O4/c1-16-14-29(15-17(2)33-16)20-6-4-19(5-7-20)26-22(30)9-8-21-18(3)25-24(27-23(21)31)28-10-12-32-13-11-28/h4-7,16-17H,8-15H2,1-3H3,(H,26,30)(H,25,27,31). The van der Waals surface area contributed by atoms with E-state index >= 15 is 0 Å². The Hall–Kier alpha value is -2.91. The van der Waals surface area contributed by atoms with Crippen LogP contribution in [0.15, 0.2) is 29.1 Å². The Labute approximate surface area is 194 Å². The van der Waals surface area contributed by atoms with Gasteiger partial charge in [-0.1, -0.05) is 0 Å². The minimum Gasteiger partial charge on any atom is -0.378 e. The Bertz CT molecular complexity index is 1010. The van der Waals surface area contributed by atoms with Gasteiger partial charge in [0.25, 0.3) is 5.56 Å². The van der Waals surface area contributed by atoms with Gasteiger partial charge >= 0.3 is 0 Å². The number of H-pyrrole nitrogens is 1. The third kappa shape index (κ3) is 5.91. The van der Waals surface area contributed by atoms with Crippen LogP contribution in [0.2, 0.25) is 0 Å². The van der Waals surface area contributed by atoms with Crippen molar-refractivity contribution in [1.82, 2.24) is 9.97 Å². The van der Waals surface area contributed by atoms with Gasteiger partial charge in [0.1, 0.15) is 0 Å². The van der Waals surface area contributed by atoms with Crippen molar-refractivity contribution in [3.63, 3.8) is 0 Å². The van der Waals surface area contributed by atoms with Crippen molar-refractivity contribution in [3.05, 3.63) is 45.9 Å². The number of morpholine rings is 2. The molecule has 1 aromatic carbocycles. The molecule has 3 heterocycles. The van der Waals surface area contributed by atoms with Gasteiger partial charge in [-0.15, -0.1) is 0 Å². The molecule has 1 aromatic heterocycles. The second-order valence-electron chi connectivity index (χ2n) is 8.81. The minimum absolute atomic E-state index is 0.132. The number of anilines is 3. The fourth-order valence-corrected chi connectivity index (χ4v) is 4.42. The number of benzene rings is 1. The lowest BCUT2D eigenvalue weighted by Crippen LogP contribution is -2.45. The quantitative estimate of drug-likeness (QED) is 0.688. The van der Waals surface area contributed by atoms with Gasteiger partial charge in [0.15, 0.2) is 0 Å². The number of ether oxygens (including phenoxy) is 2. The lowest BCUT2D eigenvalue weighted by molar-refractivity contribution is -0.116. The Kier molecular flexibility index (Phi) is 7.29. The van der Waals surface area contributed by atoms with Crippen molar-refractivity contribution >= 4 is 23.2 Å². The summed E-state index contributed by atoms with van der Waals surface area (Å²) in [7, 11) is 0. The van der Waals surface area contributed by atoms with Crippen molar-refractivity contribution in [1.29, 1.82) is 0 Å². The average molecular weight is 456 g/mol. The van der Waals surface area contributed by atoms with Crippen molar-refractivity contribution < 1.29 is 14.3 Å². The average Bonchev–Trinajstić information content (AvgIpc) is 2.79. The summed E-state index contributed by atoms with van der Waals surface area (Å²) in [5.74, 6) is 0.436. The van der Waals surface area contributed by atoms with Crippen LogP contribution in [-0.4, -0.2) is 67.5 Å². The molecule has 0 saturated carbocycles. The predicted octanol–water partition coefficient (Wildman–Crippen LogP) is 2.10. The molecule has 4 rings (SSSR count). The summed E-state index contributed by atoms with van der Waals surface area (Å²) in [6.07, 6.45) is 0.933. The Morgan fingerprint density at radius 3 is 2.42 bits per heavy atom. The first-order valence-electron chi connectivity index (χ1n) is 11.6. The first-order valence-corrected chi connectivity index (χ1v) is 11.6. The van der Waals surface area contributed by atoms with Gasteiger partial charge in [-0.3, -0.25) is 14.6 Å². The molecule has 2 fully saturated rings. The minimum atomic E-state index is -0.185. The molecule has 178 valence electrons. The van der Waals surface area contributed by atoms with Crippen LogP contribution in [0.4, 0.5) is 17.3 Å². The fourth-order valence-electron chi connectivity index (χ4n) is 4.42. The zero-order valence-corrected chi connectivity index (χ0v) is 19.6. The molecule has 0 spiro atoms. The molecule has 0 aliphatic carbocycles. The van der Waals surface area contributed by atoms with Crippen LogP contribution >= 0.6 is 0 Å². The molecule has 2 saturated heterocycles. The molecule has 1 amide bonds. The summed E-state index contributed by atoms with van der Waals surface area (Å²) in [5.41, 5.74) is 2.88. The maximum Gasteiger partial charge on any atom is 0.255 e. The SMILES string of the molecule is Cc1nc(N2CCOCC2)[nH]c(=O)c1CCC(=O)Nc1ccc(N2CC(C)OC(C)C2)cc1. The number of rotatable bonds is 6. The van der Waals surface area contributed by atoms with Crippen LogP contribution in [0.3, 0.4) is 0 Å². The first-order chi connectivity index (χ1) is 15.9. The highest BCUT2D eigenvalue weighted by Gasteiger charge is 2.22. The van der Waals surface area contributed by atoms with E-state index in [1.165, 1.54) is 0 Å². The highest BCUT2D eigenvalue weighted by Crippen LogP contribution is 2.22. The van der Waals surface area contributed by atoms with Crippen LogP contribution in [0.25, 0.3) is 0 Å². The summed E-state index contributed by atoms with van der Waals surface area (Å²) in [4.78, 5) is 36.8. The zero-order valence-electron chi connectivity index (χ0n) is 19.6. The van der Waals surface area contributed by atoms with E-state index in [1.54, 1.807) is 0 Å². The van der Waals surface area contributed by atoms with E-state index in [-0.39, 0.29) is 30.1 Å². The molecule has 2 aliphatic rings. The topological polar surface area (TPSA) is 99.8 Å². The van der Waals surface area contributed by atoms with Gasteiger partial charge in [0, 0.05) is 55.2 Å². The number of carbonyl (C=O) groups is 1. The number of aromatic nitrogens is 2. The summed E-state index contributed by atoms with van der Waals surface area (Å²) < 4.78 is 11.1. The van der Waals surface area contributed by atoms with Crippen LogP contribution in [0.5, 0.6) is 0 Å². The number of nitrogens with one attached hydrogen (secondary N) is 2. The highest BCUT2D eigenvalue weighted by molar-refractivity contribution is 5.91. The van der Waals surface area contributed by atoms with Crippen molar-refractivity contribution in [2.24, 2.45) is 0 Å². The van der Waals surface area contributed by atoms with Crippen LogP contribution in [0.1, 0.15) is 31.5 Å². The molecule has 2 aliphatic heterocycles. The Balaban J connectivity index is 1.32. The van der Waals surface area contributed by atoms with Crippen LogP contribution in [0, 0.1) is 6.92 Å². The third-order valence-corrected chi connectivity index (χ3v) is 6.06. The van der Waals surface area contributed by atoms with Crippen LogP contribution < -0.4 is 20.7 Å². The summed E-state index contributed by atoms with van der Waals surface area (Å²) in [5, 5.41) is 2.92. The fraction of sp³-hybridized carbons (Fsp3) is 0.542. The lowest BCUT2D eigenvalue weighted by Gasteiger charge is -2.36. The summed E-state index contributed by atoms with van der Waals surface area (Å²) >= 11 is 0. The molecule has 2 atom stereocenters. The smallest absolute Gasteiger partial charge is 0.255 e. The molecule has 2 unspecified atom stereocenters. The van der Waals surface area contributed by atoms with Crippen molar-refractivity contribution in [2.75, 3.05) is 54.5 Å². The molecule has 9 nitrogen and oxygen atoms in total. The molecule has 9 heteroatoms. The van der Waals surface area contributed by atoms with Gasteiger partial charge in [0.2, 0.25) is 11.9 Å². The van der Waals surface area contributed by atoms with Crippen LogP contribution in [-0.2, 0) is 20.7 Å². The Morgan fingerprint density at radius 2 is 1.79 bits per heavy atom. The lowest BCUT2D eigenvalue weighted by atomic mass is 10.1. The molecular formula is C24H33N5O4. The number of aromatic amines is 1. The number of carbonyl (C=O) groups excluding carboxylic acids is 1. The van der Waals surface area contributed by atoms with Gasteiger partial charge < -0.3 is 24.6 Å². The van der Waals surface area contributed by atoms with Gasteiger partial charge in [-0.05, 0) is 51.5 Å². The van der Waals surface area contributed by atoms with E-state index in [1.807, 2.05) is 36.1 Å². The number of aryl methyl sites for hydroxylation is 1. The normalized spacial score (nSPS) is 21.2. The number of amides is 1. The molecule has 2 aromatic rings. The number of hydrogen-bond acceptors (Lipinski definition) is 7. The third-order valence-electron chi connectivity index (χ3n) is 6.06. The van der Waals surface area contributed by atoms with Gasteiger partial charge in [-0.25, -0.2) is 4.98 Å². The highest BCUT2D eigenvalue weighted by atomic mass is 16.5. The van der Waals surface area contributed by atoms with E-state index in [2.05, 4.69) is 34.0 Å². The summed E-state index contributed by atoms with van der Waals surface area (Å²) in [6.45, 7) is 10.3. The Morgan fingerprint density at radius 1 is 1.12 bits per heavy atom. The second kappa shape index (κ2) is 10.4. The number of hydrogen-bond donors (Lipinski definition) is 2. The van der Waals surface area contributed by atoms with Gasteiger partial charge in [-0.2, -0.15) is 0 Å². The zero-order chi connectivity index (χ0) is 23.4. The van der Waals surface area contributed by atoms with E-state index in [0.29, 0.717) is 49.9 Å². The largest absolute Gasteiger partial charge is 0.378 e. The molecular weight excluding hydrogens is 422 g/mol. The van der Waals surface area contributed by atoms with E-state index in [9.17, 15) is 9.59 Å². The summed E-state index contributed by atoms with van der Waals surface area (Å²) in [6, 6.07) is 7.86. The molecule has 0 bridgehead atoms. The maximum atomic E-state index is 12.6. The van der Waals surface area contributed by atoms with Crippen molar-refractivity contribution in [2.45, 2.75) is 45.8 Å². The van der Waals surface area contributed by atoms with E-state index in [4.69, 9.17) is 9.47 Å². The molecule has 33 heavy (non-hydrogen) atoms. The van der Waals surface area contributed by atoms with E-state index < -0.39 is 0 Å². The maximum absolute atomic E-state index is 12.6. The van der Waals surface area contributed by atoms with Gasteiger partial charge in [0.05, 0.1) is 25.4 Å². The molecule has 0 radical (unpaired) electrons. The second-order valence-corrected chi connectivity index (χ2v) is 8.81. The van der Waals surface area contributed by atoms with E-state index in [0.717, 1.165) is 24.5 Å². The monoisotopic (exact) mass is 455 g/mol. The first kappa shape index (κ1) is 23.3. The predicted molar refractivity (Wildman–Crippen MR) is 128 cm³/mol.